The monoisotopic (exact) mass is 400 g/mol. The van der Waals surface area contributed by atoms with Gasteiger partial charge in [-0.3, -0.25) is 9.52 Å². The van der Waals surface area contributed by atoms with Gasteiger partial charge in [-0.05, 0) is 61.0 Å². The molecule has 0 radical (unpaired) electrons. The van der Waals surface area contributed by atoms with Gasteiger partial charge >= 0.3 is 0 Å². The number of amides is 1. The highest BCUT2D eigenvalue weighted by Gasteiger charge is 2.14. The number of carbonyl (C=O) groups is 1. The molecule has 2 N–H and O–H groups in total. The molecule has 0 aliphatic carbocycles. The number of nitrogens with one attached hydrogen (secondary N) is 2. The van der Waals surface area contributed by atoms with E-state index in [-0.39, 0.29) is 10.8 Å². The van der Waals surface area contributed by atoms with E-state index in [4.69, 9.17) is 11.6 Å². The summed E-state index contributed by atoms with van der Waals surface area (Å²) in [4.78, 5) is 12.6. The zero-order valence-electron chi connectivity index (χ0n) is 14.4. The van der Waals surface area contributed by atoms with Crippen molar-refractivity contribution >= 4 is 38.9 Å². The summed E-state index contributed by atoms with van der Waals surface area (Å²) in [5.41, 5.74) is 2.28. The first-order valence-electron chi connectivity index (χ1n) is 8.10. The fourth-order valence-corrected chi connectivity index (χ4v) is 3.68. The number of rotatable bonds is 5. The SMILES string of the molecule is Cc1ccc(Cl)cc1NC(=O)c1ccc(NS(=O)(=O)c2ccccc2)cc1. The van der Waals surface area contributed by atoms with Crippen LogP contribution < -0.4 is 10.0 Å². The van der Waals surface area contributed by atoms with E-state index in [1.165, 1.54) is 12.1 Å². The second-order valence-corrected chi connectivity index (χ2v) is 8.03. The van der Waals surface area contributed by atoms with E-state index in [0.29, 0.717) is 22.0 Å². The van der Waals surface area contributed by atoms with Gasteiger partial charge in [-0.25, -0.2) is 8.42 Å². The molecule has 0 aliphatic rings. The van der Waals surface area contributed by atoms with E-state index in [2.05, 4.69) is 10.0 Å². The van der Waals surface area contributed by atoms with Crippen molar-refractivity contribution in [3.63, 3.8) is 0 Å². The standard InChI is InChI=1S/C20H17ClN2O3S/c1-14-7-10-16(21)13-19(14)22-20(24)15-8-11-17(12-9-15)23-27(25,26)18-5-3-2-4-6-18/h2-13,23H,1H3,(H,22,24). The Morgan fingerprint density at radius 1 is 0.926 bits per heavy atom. The number of benzene rings is 3. The highest BCUT2D eigenvalue weighted by molar-refractivity contribution is 7.92. The summed E-state index contributed by atoms with van der Waals surface area (Å²) >= 11 is 5.96. The summed E-state index contributed by atoms with van der Waals surface area (Å²) in [6.45, 7) is 1.87. The van der Waals surface area contributed by atoms with Crippen LogP contribution in [0.1, 0.15) is 15.9 Å². The predicted molar refractivity (Wildman–Crippen MR) is 108 cm³/mol. The Bertz CT molecular complexity index is 1070. The van der Waals surface area contributed by atoms with Gasteiger partial charge in [0.1, 0.15) is 0 Å². The normalized spacial score (nSPS) is 11.0. The lowest BCUT2D eigenvalue weighted by Gasteiger charge is -2.10. The van der Waals surface area contributed by atoms with Crippen LogP contribution in [-0.4, -0.2) is 14.3 Å². The maximum atomic E-state index is 12.4. The molecule has 0 heterocycles. The van der Waals surface area contributed by atoms with Crippen LogP contribution in [-0.2, 0) is 10.0 Å². The number of anilines is 2. The molecule has 0 aromatic heterocycles. The van der Waals surface area contributed by atoms with E-state index in [1.54, 1.807) is 54.6 Å². The van der Waals surface area contributed by atoms with E-state index in [9.17, 15) is 13.2 Å². The van der Waals surface area contributed by atoms with Crippen LogP contribution >= 0.6 is 11.6 Å². The van der Waals surface area contributed by atoms with Gasteiger partial charge < -0.3 is 5.32 Å². The third kappa shape index (κ3) is 4.67. The smallest absolute Gasteiger partial charge is 0.261 e. The second-order valence-electron chi connectivity index (χ2n) is 5.91. The van der Waals surface area contributed by atoms with Crippen molar-refractivity contribution in [2.45, 2.75) is 11.8 Å². The number of aryl methyl sites for hydroxylation is 1. The summed E-state index contributed by atoms with van der Waals surface area (Å²) in [6, 6.07) is 19.5. The first-order valence-corrected chi connectivity index (χ1v) is 9.97. The summed E-state index contributed by atoms with van der Waals surface area (Å²) in [5.74, 6) is -0.308. The molecule has 0 saturated carbocycles. The largest absolute Gasteiger partial charge is 0.322 e. The molecule has 3 rings (SSSR count). The maximum absolute atomic E-state index is 12.4. The Balaban J connectivity index is 1.73. The molecule has 27 heavy (non-hydrogen) atoms. The summed E-state index contributed by atoms with van der Waals surface area (Å²) in [5, 5.41) is 3.33. The molecule has 0 fully saturated rings. The molecule has 0 unspecified atom stereocenters. The third-order valence-corrected chi connectivity index (χ3v) is 5.53. The molecule has 138 valence electrons. The Labute approximate surface area is 163 Å². The first kappa shape index (κ1) is 18.9. The van der Waals surface area contributed by atoms with Gasteiger partial charge in [-0.15, -0.1) is 0 Å². The molecular formula is C20H17ClN2O3S. The van der Waals surface area contributed by atoms with Gasteiger partial charge in [-0.2, -0.15) is 0 Å². The van der Waals surface area contributed by atoms with Crippen LogP contribution in [0.25, 0.3) is 0 Å². The molecule has 7 heteroatoms. The molecule has 0 atom stereocenters. The van der Waals surface area contributed by atoms with E-state index in [0.717, 1.165) is 5.56 Å². The van der Waals surface area contributed by atoms with Gasteiger partial charge in [0.05, 0.1) is 4.90 Å². The molecule has 5 nitrogen and oxygen atoms in total. The lowest BCUT2D eigenvalue weighted by molar-refractivity contribution is 0.102. The third-order valence-electron chi connectivity index (χ3n) is 3.90. The fourth-order valence-electron chi connectivity index (χ4n) is 2.43. The van der Waals surface area contributed by atoms with Crippen molar-refractivity contribution in [3.8, 4) is 0 Å². The molecular weight excluding hydrogens is 384 g/mol. The number of carbonyl (C=O) groups excluding carboxylic acids is 1. The Kier molecular flexibility index (Phi) is 5.48. The van der Waals surface area contributed by atoms with Gasteiger partial charge in [-0.1, -0.05) is 35.9 Å². The minimum Gasteiger partial charge on any atom is -0.322 e. The van der Waals surface area contributed by atoms with Crippen molar-refractivity contribution in [1.82, 2.24) is 0 Å². The van der Waals surface area contributed by atoms with Crippen molar-refractivity contribution in [2.24, 2.45) is 0 Å². The van der Waals surface area contributed by atoms with E-state index >= 15 is 0 Å². The summed E-state index contributed by atoms with van der Waals surface area (Å²) < 4.78 is 27.1. The topological polar surface area (TPSA) is 75.3 Å². The van der Waals surface area contributed by atoms with Crippen LogP contribution in [0.5, 0.6) is 0 Å². The van der Waals surface area contributed by atoms with Gasteiger partial charge in [0, 0.05) is 22.0 Å². The number of hydrogen-bond donors (Lipinski definition) is 2. The fraction of sp³-hybridized carbons (Fsp3) is 0.0500. The lowest BCUT2D eigenvalue weighted by atomic mass is 10.1. The second kappa shape index (κ2) is 7.82. The molecule has 0 bridgehead atoms. The average Bonchev–Trinajstić information content (AvgIpc) is 2.66. The molecule has 0 saturated heterocycles. The first-order chi connectivity index (χ1) is 12.8. The zero-order valence-corrected chi connectivity index (χ0v) is 16.0. The van der Waals surface area contributed by atoms with E-state index in [1.807, 2.05) is 13.0 Å². The Morgan fingerprint density at radius 3 is 2.26 bits per heavy atom. The van der Waals surface area contributed by atoms with Crippen LogP contribution in [0.2, 0.25) is 5.02 Å². The molecule has 1 amide bonds. The van der Waals surface area contributed by atoms with Crippen molar-refractivity contribution in [3.05, 3.63) is 88.9 Å². The molecule has 3 aromatic carbocycles. The van der Waals surface area contributed by atoms with Gasteiger partial charge in [0.2, 0.25) is 0 Å². The Hall–Kier alpha value is -2.83. The zero-order chi connectivity index (χ0) is 19.4. The molecule has 0 spiro atoms. The lowest BCUT2D eigenvalue weighted by Crippen LogP contribution is -2.14. The average molecular weight is 401 g/mol. The minimum absolute atomic E-state index is 0.170. The molecule has 3 aromatic rings. The van der Waals surface area contributed by atoms with Crippen LogP contribution in [0, 0.1) is 6.92 Å². The highest BCUT2D eigenvalue weighted by Crippen LogP contribution is 2.22. The molecule has 0 aliphatic heterocycles. The minimum atomic E-state index is -3.67. The van der Waals surface area contributed by atoms with Crippen molar-refractivity contribution in [1.29, 1.82) is 0 Å². The van der Waals surface area contributed by atoms with E-state index < -0.39 is 10.0 Å². The Morgan fingerprint density at radius 2 is 1.59 bits per heavy atom. The van der Waals surface area contributed by atoms with Gasteiger partial charge in [0.15, 0.2) is 0 Å². The number of hydrogen-bond acceptors (Lipinski definition) is 3. The van der Waals surface area contributed by atoms with Crippen LogP contribution in [0.3, 0.4) is 0 Å². The van der Waals surface area contributed by atoms with Crippen molar-refractivity contribution in [2.75, 3.05) is 10.0 Å². The van der Waals surface area contributed by atoms with Gasteiger partial charge in [0.25, 0.3) is 15.9 Å². The number of sulfonamides is 1. The summed E-state index contributed by atoms with van der Waals surface area (Å²) in [7, 11) is -3.67. The van der Waals surface area contributed by atoms with Crippen LogP contribution in [0.4, 0.5) is 11.4 Å². The predicted octanol–water partition coefficient (Wildman–Crippen LogP) is 4.70. The van der Waals surface area contributed by atoms with Crippen molar-refractivity contribution < 1.29 is 13.2 Å². The summed E-state index contributed by atoms with van der Waals surface area (Å²) in [6.07, 6.45) is 0. The van der Waals surface area contributed by atoms with Crippen LogP contribution in [0.15, 0.2) is 77.7 Å². The quantitative estimate of drug-likeness (QED) is 0.651. The number of halogens is 1. The highest BCUT2D eigenvalue weighted by atomic mass is 35.5. The maximum Gasteiger partial charge on any atom is 0.261 e.